The van der Waals surface area contributed by atoms with Crippen molar-refractivity contribution in [3.63, 3.8) is 0 Å². The standard InChI is InChI=1S/C18H19Cl2N5OS/c1-25-18(22-23-24-25)27-8-7-21-11-14-10-16(20)5-6-17(14)26-12-13-3-2-4-15(19)9-13/h2-6,9-10,21H,7-8,11-12H2,1H3. The van der Waals surface area contributed by atoms with Crippen molar-refractivity contribution in [3.05, 3.63) is 63.6 Å². The first-order valence-corrected chi connectivity index (χ1v) is 10.1. The smallest absolute Gasteiger partial charge is 0.209 e. The SMILES string of the molecule is Cn1nnnc1SCCNCc1cc(Cl)ccc1OCc1cccc(Cl)c1. The fraction of sp³-hybridized carbons (Fsp3) is 0.278. The highest BCUT2D eigenvalue weighted by Crippen LogP contribution is 2.24. The molecule has 2 aromatic carbocycles. The van der Waals surface area contributed by atoms with Crippen molar-refractivity contribution in [2.24, 2.45) is 7.05 Å². The van der Waals surface area contributed by atoms with E-state index in [1.165, 1.54) is 0 Å². The zero-order chi connectivity index (χ0) is 19.1. The molecule has 142 valence electrons. The van der Waals surface area contributed by atoms with Gasteiger partial charge in [-0.2, -0.15) is 0 Å². The molecule has 1 aromatic heterocycles. The zero-order valence-corrected chi connectivity index (χ0v) is 17.1. The molecule has 0 aliphatic rings. The van der Waals surface area contributed by atoms with E-state index in [9.17, 15) is 0 Å². The van der Waals surface area contributed by atoms with Crippen molar-refractivity contribution in [2.45, 2.75) is 18.3 Å². The van der Waals surface area contributed by atoms with Crippen LogP contribution >= 0.6 is 35.0 Å². The van der Waals surface area contributed by atoms with Gasteiger partial charge in [0.2, 0.25) is 5.16 Å². The van der Waals surface area contributed by atoms with Gasteiger partial charge in [0.15, 0.2) is 0 Å². The van der Waals surface area contributed by atoms with E-state index in [-0.39, 0.29) is 0 Å². The molecule has 0 spiro atoms. The quantitative estimate of drug-likeness (QED) is 0.414. The Bertz CT molecular complexity index is 890. The van der Waals surface area contributed by atoms with Crippen LogP contribution in [-0.2, 0) is 20.2 Å². The molecule has 0 aliphatic heterocycles. The summed E-state index contributed by atoms with van der Waals surface area (Å²) in [5.74, 6) is 1.66. The molecule has 1 N–H and O–H groups in total. The lowest BCUT2D eigenvalue weighted by Crippen LogP contribution is -2.17. The summed E-state index contributed by atoms with van der Waals surface area (Å²) >= 11 is 13.8. The minimum atomic E-state index is 0.449. The van der Waals surface area contributed by atoms with Gasteiger partial charge >= 0.3 is 0 Å². The fourth-order valence-corrected chi connectivity index (χ4v) is 3.55. The summed E-state index contributed by atoms with van der Waals surface area (Å²) in [5.41, 5.74) is 2.03. The summed E-state index contributed by atoms with van der Waals surface area (Å²) < 4.78 is 7.63. The van der Waals surface area contributed by atoms with Crippen LogP contribution in [0.4, 0.5) is 0 Å². The van der Waals surface area contributed by atoms with Gasteiger partial charge < -0.3 is 10.1 Å². The number of hydrogen-bond donors (Lipinski definition) is 1. The topological polar surface area (TPSA) is 64.9 Å². The number of nitrogens with zero attached hydrogens (tertiary/aromatic N) is 4. The maximum Gasteiger partial charge on any atom is 0.209 e. The van der Waals surface area contributed by atoms with Crippen molar-refractivity contribution in [2.75, 3.05) is 12.3 Å². The maximum atomic E-state index is 6.15. The van der Waals surface area contributed by atoms with Gasteiger partial charge in [0.05, 0.1) is 0 Å². The number of thioether (sulfide) groups is 1. The lowest BCUT2D eigenvalue weighted by Gasteiger charge is -2.13. The highest BCUT2D eigenvalue weighted by Gasteiger charge is 2.07. The van der Waals surface area contributed by atoms with Crippen molar-refractivity contribution < 1.29 is 4.74 Å². The second kappa shape index (κ2) is 9.94. The summed E-state index contributed by atoms with van der Waals surface area (Å²) in [6.45, 7) is 1.91. The lowest BCUT2D eigenvalue weighted by molar-refractivity contribution is 0.302. The largest absolute Gasteiger partial charge is 0.489 e. The Kier molecular flexibility index (Phi) is 7.34. The molecule has 3 aromatic rings. The van der Waals surface area contributed by atoms with Gasteiger partial charge in [0.1, 0.15) is 12.4 Å². The Balaban J connectivity index is 1.51. The molecular weight excluding hydrogens is 405 g/mol. The Morgan fingerprint density at radius 3 is 2.78 bits per heavy atom. The maximum absolute atomic E-state index is 6.15. The number of aromatic nitrogens is 4. The Morgan fingerprint density at radius 1 is 1.15 bits per heavy atom. The van der Waals surface area contributed by atoms with Crippen LogP contribution in [-0.4, -0.2) is 32.5 Å². The van der Waals surface area contributed by atoms with Gasteiger partial charge in [-0.25, -0.2) is 4.68 Å². The first-order chi connectivity index (χ1) is 13.1. The van der Waals surface area contributed by atoms with Gasteiger partial charge in [-0.05, 0) is 46.3 Å². The van der Waals surface area contributed by atoms with E-state index in [1.54, 1.807) is 16.4 Å². The number of hydrogen-bond acceptors (Lipinski definition) is 6. The van der Waals surface area contributed by atoms with Gasteiger partial charge in [0.25, 0.3) is 0 Å². The third-order valence-corrected chi connectivity index (χ3v) is 5.20. The zero-order valence-electron chi connectivity index (χ0n) is 14.7. The molecule has 0 saturated carbocycles. The predicted octanol–water partition coefficient (Wildman–Crippen LogP) is 3.98. The first kappa shape index (κ1) is 19.9. The molecular formula is C18H19Cl2N5OS. The molecule has 1 heterocycles. The first-order valence-electron chi connectivity index (χ1n) is 8.33. The van der Waals surface area contributed by atoms with E-state index < -0.39 is 0 Å². The Labute approximate surface area is 172 Å². The molecule has 0 bridgehead atoms. The van der Waals surface area contributed by atoms with Crippen LogP contribution in [0.2, 0.25) is 10.0 Å². The molecule has 9 heteroatoms. The number of tetrazole rings is 1. The Hall–Kier alpha value is -1.80. The van der Waals surface area contributed by atoms with E-state index in [0.29, 0.717) is 23.2 Å². The summed E-state index contributed by atoms with van der Waals surface area (Å²) in [4.78, 5) is 0. The van der Waals surface area contributed by atoms with E-state index in [4.69, 9.17) is 27.9 Å². The molecule has 27 heavy (non-hydrogen) atoms. The number of halogens is 2. The second-order valence-corrected chi connectivity index (χ2v) is 7.72. The van der Waals surface area contributed by atoms with E-state index in [1.807, 2.05) is 49.5 Å². The fourth-order valence-electron chi connectivity index (χ4n) is 2.40. The monoisotopic (exact) mass is 423 g/mol. The molecule has 3 rings (SSSR count). The normalized spacial score (nSPS) is 10.9. The number of rotatable bonds is 9. The molecule has 0 radical (unpaired) electrons. The van der Waals surface area contributed by atoms with E-state index >= 15 is 0 Å². The van der Waals surface area contributed by atoms with Crippen molar-refractivity contribution >= 4 is 35.0 Å². The summed E-state index contributed by atoms with van der Waals surface area (Å²) in [7, 11) is 1.82. The average Bonchev–Trinajstić information content (AvgIpc) is 3.06. The predicted molar refractivity (Wildman–Crippen MR) is 108 cm³/mol. The second-order valence-electron chi connectivity index (χ2n) is 5.78. The Morgan fingerprint density at radius 2 is 2.00 bits per heavy atom. The molecule has 0 saturated heterocycles. The van der Waals surface area contributed by atoms with Gasteiger partial charge in [-0.15, -0.1) is 5.10 Å². The van der Waals surface area contributed by atoms with Crippen LogP contribution in [0.25, 0.3) is 0 Å². The third-order valence-electron chi connectivity index (χ3n) is 3.71. The van der Waals surface area contributed by atoms with Crippen molar-refractivity contribution in [1.82, 2.24) is 25.5 Å². The summed E-state index contributed by atoms with van der Waals surface area (Å²) in [6.07, 6.45) is 0. The lowest BCUT2D eigenvalue weighted by atomic mass is 10.2. The van der Waals surface area contributed by atoms with Crippen LogP contribution in [0.1, 0.15) is 11.1 Å². The number of aryl methyl sites for hydroxylation is 1. The van der Waals surface area contributed by atoms with E-state index in [2.05, 4.69) is 20.8 Å². The number of nitrogens with one attached hydrogen (secondary N) is 1. The van der Waals surface area contributed by atoms with Crippen molar-refractivity contribution in [1.29, 1.82) is 0 Å². The van der Waals surface area contributed by atoms with Gasteiger partial charge in [0, 0.05) is 41.5 Å². The highest BCUT2D eigenvalue weighted by atomic mass is 35.5. The minimum Gasteiger partial charge on any atom is -0.489 e. The average molecular weight is 424 g/mol. The minimum absolute atomic E-state index is 0.449. The third kappa shape index (κ3) is 6.10. The highest BCUT2D eigenvalue weighted by molar-refractivity contribution is 7.99. The molecule has 0 atom stereocenters. The van der Waals surface area contributed by atoms with Crippen LogP contribution in [0.15, 0.2) is 47.6 Å². The summed E-state index contributed by atoms with van der Waals surface area (Å²) in [6, 6.07) is 13.3. The van der Waals surface area contributed by atoms with Gasteiger partial charge in [-0.3, -0.25) is 0 Å². The van der Waals surface area contributed by atoms with Crippen LogP contribution in [0.5, 0.6) is 5.75 Å². The van der Waals surface area contributed by atoms with E-state index in [0.717, 1.165) is 34.3 Å². The summed E-state index contributed by atoms with van der Waals surface area (Å²) in [5, 5.41) is 17.0. The molecule has 0 fully saturated rings. The van der Waals surface area contributed by atoms with Crippen LogP contribution in [0.3, 0.4) is 0 Å². The molecule has 0 aliphatic carbocycles. The number of ether oxygens (including phenoxy) is 1. The molecule has 6 nitrogen and oxygen atoms in total. The molecule has 0 amide bonds. The van der Waals surface area contributed by atoms with Crippen molar-refractivity contribution in [3.8, 4) is 5.75 Å². The molecule has 0 unspecified atom stereocenters. The van der Waals surface area contributed by atoms with Crippen LogP contribution < -0.4 is 10.1 Å². The van der Waals surface area contributed by atoms with Gasteiger partial charge in [-0.1, -0.05) is 47.1 Å². The van der Waals surface area contributed by atoms with Crippen LogP contribution in [0, 0.1) is 0 Å². The number of benzene rings is 2.